The molecule has 7 heteroatoms. The number of non-ortho nitro benzene ring substituents is 1. The molecule has 19 heavy (non-hydrogen) atoms. The maximum atomic E-state index is 10.9. The molecule has 2 unspecified atom stereocenters. The molecule has 2 atom stereocenters. The average molecular weight is 265 g/mol. The van der Waals surface area contributed by atoms with Crippen molar-refractivity contribution in [2.24, 2.45) is 5.92 Å². The molecule has 0 aliphatic heterocycles. The fourth-order valence-corrected chi connectivity index (χ4v) is 1.64. The molecule has 0 saturated carbocycles. The summed E-state index contributed by atoms with van der Waals surface area (Å²) in [5.41, 5.74) is 0.497. The molecule has 0 amide bonds. The third kappa shape index (κ3) is 2.65. The van der Waals surface area contributed by atoms with Crippen LogP contribution in [0.1, 0.15) is 13.8 Å². The van der Waals surface area contributed by atoms with Gasteiger partial charge < -0.3 is 14.8 Å². The van der Waals surface area contributed by atoms with Gasteiger partial charge in [-0.2, -0.15) is 4.98 Å². The van der Waals surface area contributed by atoms with E-state index in [-0.39, 0.29) is 35.8 Å². The molecule has 0 bridgehead atoms. The van der Waals surface area contributed by atoms with Crippen LogP contribution in [-0.4, -0.2) is 27.7 Å². The van der Waals surface area contributed by atoms with Crippen molar-refractivity contribution in [3.8, 4) is 0 Å². The number of rotatable bonds is 5. The number of oxazole rings is 1. The molecule has 1 heterocycles. The van der Waals surface area contributed by atoms with Crippen LogP contribution in [0.3, 0.4) is 0 Å². The molecular weight excluding hydrogens is 250 g/mol. The zero-order chi connectivity index (χ0) is 14.0. The van der Waals surface area contributed by atoms with Crippen LogP contribution in [0, 0.1) is 16.0 Å². The second-order valence-corrected chi connectivity index (χ2v) is 4.49. The second-order valence-electron chi connectivity index (χ2n) is 4.49. The van der Waals surface area contributed by atoms with Gasteiger partial charge in [-0.15, -0.1) is 0 Å². The number of hydrogen-bond donors (Lipinski definition) is 2. The molecule has 0 spiro atoms. The molecular formula is C12H15N3O4. The Hall–Kier alpha value is -2.15. The normalized spacial score (nSPS) is 14.3. The summed E-state index contributed by atoms with van der Waals surface area (Å²) in [6.45, 7) is 3.79. The van der Waals surface area contributed by atoms with Gasteiger partial charge >= 0.3 is 0 Å². The largest absolute Gasteiger partial charge is 0.423 e. The van der Waals surface area contributed by atoms with Crippen LogP contribution in [0.15, 0.2) is 22.6 Å². The molecule has 0 fully saturated rings. The summed E-state index contributed by atoms with van der Waals surface area (Å²) in [6.07, 6.45) is 0. The Balaban J connectivity index is 2.32. The maximum absolute atomic E-state index is 10.9. The topological polar surface area (TPSA) is 101 Å². The summed E-state index contributed by atoms with van der Waals surface area (Å²) in [7, 11) is 0. The molecule has 1 aromatic heterocycles. The highest BCUT2D eigenvalue weighted by atomic mass is 16.6. The number of nitrogens with zero attached hydrogens (tertiary/aromatic N) is 2. The van der Waals surface area contributed by atoms with Crippen LogP contribution in [-0.2, 0) is 0 Å². The third-order valence-corrected chi connectivity index (χ3v) is 3.09. The lowest BCUT2D eigenvalue weighted by Gasteiger charge is -2.17. The van der Waals surface area contributed by atoms with E-state index in [0.717, 1.165) is 0 Å². The van der Waals surface area contributed by atoms with Crippen molar-refractivity contribution in [3.63, 3.8) is 0 Å². The Kier molecular flexibility index (Phi) is 3.66. The van der Waals surface area contributed by atoms with E-state index in [1.807, 2.05) is 13.8 Å². The molecule has 1 aromatic carbocycles. The zero-order valence-corrected chi connectivity index (χ0v) is 10.7. The highest BCUT2D eigenvalue weighted by Gasteiger charge is 2.19. The lowest BCUT2D eigenvalue weighted by atomic mass is 10.1. The van der Waals surface area contributed by atoms with Gasteiger partial charge in [-0.3, -0.25) is 10.1 Å². The number of aromatic nitrogens is 1. The first-order chi connectivity index (χ1) is 9.02. The van der Waals surface area contributed by atoms with Gasteiger partial charge in [-0.05, 0) is 18.9 Å². The van der Waals surface area contributed by atoms with Crippen LogP contribution in [0.4, 0.5) is 11.7 Å². The fraction of sp³-hybridized carbons (Fsp3) is 0.417. The van der Waals surface area contributed by atoms with E-state index >= 15 is 0 Å². The number of nitro benzene ring substituents is 1. The first-order valence-corrected chi connectivity index (χ1v) is 5.94. The smallest absolute Gasteiger partial charge is 0.298 e. The third-order valence-electron chi connectivity index (χ3n) is 3.09. The SMILES string of the molecule is CC(CO)C(C)Nc1nc2c([N+](=O)[O-])cccc2o1. The van der Waals surface area contributed by atoms with Gasteiger partial charge in [0.25, 0.3) is 11.7 Å². The monoisotopic (exact) mass is 265 g/mol. The second kappa shape index (κ2) is 5.23. The Morgan fingerprint density at radius 2 is 2.26 bits per heavy atom. The number of nitrogens with one attached hydrogen (secondary N) is 1. The van der Waals surface area contributed by atoms with E-state index < -0.39 is 4.92 Å². The van der Waals surface area contributed by atoms with Crippen molar-refractivity contribution in [3.05, 3.63) is 28.3 Å². The minimum atomic E-state index is -0.492. The molecule has 0 radical (unpaired) electrons. The van der Waals surface area contributed by atoms with E-state index in [9.17, 15) is 10.1 Å². The van der Waals surface area contributed by atoms with Gasteiger partial charge in [0.1, 0.15) is 0 Å². The van der Waals surface area contributed by atoms with E-state index in [1.165, 1.54) is 6.07 Å². The lowest BCUT2D eigenvalue weighted by molar-refractivity contribution is -0.383. The number of nitro groups is 1. The van der Waals surface area contributed by atoms with E-state index in [1.54, 1.807) is 12.1 Å². The summed E-state index contributed by atoms with van der Waals surface area (Å²) < 4.78 is 5.42. The number of anilines is 1. The van der Waals surface area contributed by atoms with Crippen molar-refractivity contribution < 1.29 is 14.4 Å². The van der Waals surface area contributed by atoms with Crippen molar-refractivity contribution in [1.29, 1.82) is 0 Å². The Bertz CT molecular complexity index is 596. The molecule has 2 aromatic rings. The number of benzene rings is 1. The van der Waals surface area contributed by atoms with Crippen molar-refractivity contribution in [1.82, 2.24) is 4.98 Å². The van der Waals surface area contributed by atoms with E-state index in [0.29, 0.717) is 5.58 Å². The molecule has 102 valence electrons. The van der Waals surface area contributed by atoms with Gasteiger partial charge in [0.15, 0.2) is 11.1 Å². The van der Waals surface area contributed by atoms with Crippen LogP contribution in [0.2, 0.25) is 0 Å². The van der Waals surface area contributed by atoms with Crippen LogP contribution in [0.25, 0.3) is 11.1 Å². The first-order valence-electron chi connectivity index (χ1n) is 5.94. The summed E-state index contributed by atoms with van der Waals surface area (Å²) in [5.74, 6) is 0.0185. The minimum Gasteiger partial charge on any atom is -0.423 e. The van der Waals surface area contributed by atoms with E-state index in [2.05, 4.69) is 10.3 Å². The molecule has 7 nitrogen and oxygen atoms in total. The number of hydrogen-bond acceptors (Lipinski definition) is 6. The quantitative estimate of drug-likeness (QED) is 0.634. The Morgan fingerprint density at radius 3 is 2.89 bits per heavy atom. The predicted octanol–water partition coefficient (Wildman–Crippen LogP) is 2.16. The summed E-state index contributed by atoms with van der Waals surface area (Å²) >= 11 is 0. The number of fused-ring (bicyclic) bond motifs is 1. The van der Waals surface area contributed by atoms with Gasteiger partial charge in [0.2, 0.25) is 0 Å². The molecule has 0 aliphatic rings. The van der Waals surface area contributed by atoms with Gasteiger partial charge in [0.05, 0.1) is 4.92 Å². The standard InChI is InChI=1S/C12H15N3O4/c1-7(6-16)8(2)13-12-14-11-9(15(17)18)4-3-5-10(11)19-12/h3-5,7-8,16H,6H2,1-2H3,(H,13,14). The molecule has 2 rings (SSSR count). The maximum Gasteiger partial charge on any atom is 0.298 e. The van der Waals surface area contributed by atoms with Crippen molar-refractivity contribution >= 4 is 22.8 Å². The number of aliphatic hydroxyl groups is 1. The summed E-state index contributed by atoms with van der Waals surface area (Å²) in [4.78, 5) is 14.5. The van der Waals surface area contributed by atoms with Crippen molar-refractivity contribution in [2.75, 3.05) is 11.9 Å². The Morgan fingerprint density at radius 1 is 1.53 bits per heavy atom. The van der Waals surface area contributed by atoms with Gasteiger partial charge in [-0.25, -0.2) is 0 Å². The van der Waals surface area contributed by atoms with Crippen LogP contribution in [0.5, 0.6) is 0 Å². The van der Waals surface area contributed by atoms with Crippen molar-refractivity contribution in [2.45, 2.75) is 19.9 Å². The minimum absolute atomic E-state index is 0.0185. The van der Waals surface area contributed by atoms with Crippen LogP contribution < -0.4 is 5.32 Å². The highest BCUT2D eigenvalue weighted by molar-refractivity contribution is 5.84. The summed E-state index contributed by atoms with van der Waals surface area (Å²) in [5, 5.41) is 22.9. The number of para-hydroxylation sites is 1. The molecule has 0 saturated heterocycles. The van der Waals surface area contributed by atoms with Gasteiger partial charge in [0, 0.05) is 18.7 Å². The predicted molar refractivity (Wildman–Crippen MR) is 70.0 cm³/mol. The van der Waals surface area contributed by atoms with Crippen LogP contribution >= 0.6 is 0 Å². The fourth-order valence-electron chi connectivity index (χ4n) is 1.64. The highest BCUT2D eigenvalue weighted by Crippen LogP contribution is 2.27. The Labute approximate surface area is 109 Å². The summed E-state index contributed by atoms with van der Waals surface area (Å²) in [6, 6.07) is 4.72. The molecule has 0 aliphatic carbocycles. The van der Waals surface area contributed by atoms with Gasteiger partial charge in [-0.1, -0.05) is 13.0 Å². The van der Waals surface area contributed by atoms with E-state index in [4.69, 9.17) is 9.52 Å². The molecule has 2 N–H and O–H groups in total. The lowest BCUT2D eigenvalue weighted by Crippen LogP contribution is -2.26. The number of aliphatic hydroxyl groups excluding tert-OH is 1. The zero-order valence-electron chi connectivity index (χ0n) is 10.7. The average Bonchev–Trinajstić information content (AvgIpc) is 2.79. The first kappa shape index (κ1) is 13.3.